The first-order chi connectivity index (χ1) is 8.11. The first kappa shape index (κ1) is 11.6. The predicted molar refractivity (Wildman–Crippen MR) is 56.4 cm³/mol. The lowest BCUT2D eigenvalue weighted by Crippen LogP contribution is -2.35. The van der Waals surface area contributed by atoms with Gasteiger partial charge >= 0.3 is 5.97 Å². The zero-order valence-electron chi connectivity index (χ0n) is 9.23. The summed E-state index contributed by atoms with van der Waals surface area (Å²) in [6, 6.07) is 3.63. The molecule has 1 atom stereocenters. The van der Waals surface area contributed by atoms with E-state index >= 15 is 0 Å². The lowest BCUT2D eigenvalue weighted by Gasteiger charge is -2.23. The number of hydrogen-bond donors (Lipinski definition) is 0. The fraction of sp³-hybridized carbons (Fsp3) is 0.333. The van der Waals surface area contributed by atoms with Crippen LogP contribution in [0.4, 0.5) is 4.39 Å². The second kappa shape index (κ2) is 4.53. The SMILES string of the molecule is CCOC(=O)[C@H]1CC(=O)c2cc(F)ccc2O1. The number of rotatable bonds is 2. The fourth-order valence-electron chi connectivity index (χ4n) is 1.66. The van der Waals surface area contributed by atoms with Crippen LogP contribution in [0.15, 0.2) is 18.2 Å². The molecule has 0 amide bonds. The van der Waals surface area contributed by atoms with Gasteiger partial charge in [-0.3, -0.25) is 4.79 Å². The lowest BCUT2D eigenvalue weighted by atomic mass is 10.0. The van der Waals surface area contributed by atoms with Crippen LogP contribution in [-0.2, 0) is 9.53 Å². The van der Waals surface area contributed by atoms with Crippen LogP contribution in [0.3, 0.4) is 0 Å². The Morgan fingerprint density at radius 2 is 2.35 bits per heavy atom. The summed E-state index contributed by atoms with van der Waals surface area (Å²) in [7, 11) is 0. The van der Waals surface area contributed by atoms with E-state index in [-0.39, 0.29) is 30.1 Å². The monoisotopic (exact) mass is 238 g/mol. The van der Waals surface area contributed by atoms with E-state index < -0.39 is 17.9 Å². The standard InChI is InChI=1S/C12H11FO4/c1-2-16-12(15)11-6-9(14)8-5-7(13)3-4-10(8)17-11/h3-5,11H,2,6H2,1H3/t11-/m1/s1. The van der Waals surface area contributed by atoms with Crippen molar-refractivity contribution in [1.29, 1.82) is 0 Å². The molecule has 1 heterocycles. The molecular weight excluding hydrogens is 227 g/mol. The number of ketones is 1. The van der Waals surface area contributed by atoms with Crippen LogP contribution in [0.5, 0.6) is 5.75 Å². The number of carbonyl (C=O) groups excluding carboxylic acids is 2. The third kappa shape index (κ3) is 2.27. The van der Waals surface area contributed by atoms with Crippen molar-refractivity contribution < 1.29 is 23.5 Å². The van der Waals surface area contributed by atoms with E-state index in [4.69, 9.17) is 9.47 Å². The summed E-state index contributed by atoms with van der Waals surface area (Å²) in [5, 5.41) is 0. The van der Waals surface area contributed by atoms with E-state index in [1.165, 1.54) is 12.1 Å². The summed E-state index contributed by atoms with van der Waals surface area (Å²) in [4.78, 5) is 23.1. The van der Waals surface area contributed by atoms with Crippen LogP contribution in [0.1, 0.15) is 23.7 Å². The molecule has 0 aromatic heterocycles. The molecule has 0 radical (unpaired) electrons. The predicted octanol–water partition coefficient (Wildman–Crippen LogP) is 1.72. The fourth-order valence-corrected chi connectivity index (χ4v) is 1.66. The molecule has 0 N–H and O–H groups in total. The number of carbonyl (C=O) groups is 2. The molecule has 0 saturated carbocycles. The van der Waals surface area contributed by atoms with Crippen molar-refractivity contribution in [2.75, 3.05) is 6.61 Å². The highest BCUT2D eigenvalue weighted by molar-refractivity contribution is 6.02. The summed E-state index contributed by atoms with van der Waals surface area (Å²) in [6.45, 7) is 1.90. The summed E-state index contributed by atoms with van der Waals surface area (Å²) in [5.41, 5.74) is 0.172. The number of halogens is 1. The van der Waals surface area contributed by atoms with Gasteiger partial charge in [0.25, 0.3) is 0 Å². The molecule has 1 aliphatic heterocycles. The van der Waals surface area contributed by atoms with Gasteiger partial charge in [-0.05, 0) is 25.1 Å². The zero-order valence-corrected chi connectivity index (χ0v) is 9.23. The van der Waals surface area contributed by atoms with E-state index in [0.29, 0.717) is 0 Å². The Labute approximate surface area is 97.3 Å². The number of esters is 1. The van der Waals surface area contributed by atoms with Gasteiger partial charge in [0.05, 0.1) is 18.6 Å². The molecule has 1 aliphatic rings. The van der Waals surface area contributed by atoms with Crippen molar-refractivity contribution in [3.63, 3.8) is 0 Å². The Morgan fingerprint density at radius 3 is 3.06 bits per heavy atom. The number of ether oxygens (including phenoxy) is 2. The van der Waals surface area contributed by atoms with Crippen molar-refractivity contribution in [1.82, 2.24) is 0 Å². The van der Waals surface area contributed by atoms with Gasteiger partial charge in [-0.15, -0.1) is 0 Å². The highest BCUT2D eigenvalue weighted by atomic mass is 19.1. The third-order valence-electron chi connectivity index (χ3n) is 2.43. The molecule has 5 heteroatoms. The van der Waals surface area contributed by atoms with E-state index in [9.17, 15) is 14.0 Å². The molecule has 0 saturated heterocycles. The summed E-state index contributed by atoms with van der Waals surface area (Å²) in [6.07, 6.45) is -1.05. The number of benzene rings is 1. The molecule has 0 spiro atoms. The smallest absolute Gasteiger partial charge is 0.347 e. The molecule has 17 heavy (non-hydrogen) atoms. The van der Waals surface area contributed by atoms with Crippen LogP contribution in [-0.4, -0.2) is 24.5 Å². The number of Topliss-reactive ketones (excluding diaryl/α,β-unsaturated/α-hetero) is 1. The Kier molecular flexibility index (Phi) is 3.08. The van der Waals surface area contributed by atoms with Gasteiger partial charge in [0.15, 0.2) is 5.78 Å². The Balaban J connectivity index is 2.25. The molecule has 4 nitrogen and oxygen atoms in total. The van der Waals surface area contributed by atoms with Gasteiger partial charge in [-0.2, -0.15) is 0 Å². The van der Waals surface area contributed by atoms with E-state index in [1.807, 2.05) is 0 Å². The minimum Gasteiger partial charge on any atom is -0.477 e. The minimum atomic E-state index is -0.930. The van der Waals surface area contributed by atoms with Gasteiger partial charge < -0.3 is 9.47 Å². The minimum absolute atomic E-state index is 0.116. The second-order valence-electron chi connectivity index (χ2n) is 3.63. The molecule has 0 aliphatic carbocycles. The van der Waals surface area contributed by atoms with Crippen molar-refractivity contribution in [2.24, 2.45) is 0 Å². The van der Waals surface area contributed by atoms with Crippen LogP contribution < -0.4 is 4.74 Å². The molecule has 0 unspecified atom stereocenters. The number of hydrogen-bond acceptors (Lipinski definition) is 4. The van der Waals surface area contributed by atoms with E-state index in [2.05, 4.69) is 0 Å². The quantitative estimate of drug-likeness (QED) is 0.736. The van der Waals surface area contributed by atoms with Gasteiger partial charge in [-0.25, -0.2) is 9.18 Å². The summed E-state index contributed by atoms with van der Waals surface area (Å²) in [5.74, 6) is -1.17. The van der Waals surface area contributed by atoms with Crippen molar-refractivity contribution in [3.8, 4) is 5.75 Å². The summed E-state index contributed by atoms with van der Waals surface area (Å²) >= 11 is 0. The topological polar surface area (TPSA) is 52.6 Å². The van der Waals surface area contributed by atoms with Crippen LogP contribution >= 0.6 is 0 Å². The zero-order chi connectivity index (χ0) is 12.4. The average molecular weight is 238 g/mol. The Morgan fingerprint density at radius 1 is 1.59 bits per heavy atom. The molecule has 0 bridgehead atoms. The average Bonchev–Trinajstić information content (AvgIpc) is 2.30. The second-order valence-corrected chi connectivity index (χ2v) is 3.63. The maximum absolute atomic E-state index is 12.9. The Hall–Kier alpha value is -1.91. The maximum atomic E-state index is 12.9. The van der Waals surface area contributed by atoms with Crippen molar-refractivity contribution >= 4 is 11.8 Å². The van der Waals surface area contributed by atoms with Gasteiger partial charge in [0.2, 0.25) is 6.10 Å². The van der Waals surface area contributed by atoms with Gasteiger partial charge in [-0.1, -0.05) is 0 Å². The highest BCUT2D eigenvalue weighted by Crippen LogP contribution is 2.28. The van der Waals surface area contributed by atoms with E-state index in [1.54, 1.807) is 6.92 Å². The molecule has 1 aromatic rings. The van der Waals surface area contributed by atoms with Crippen LogP contribution in [0.2, 0.25) is 0 Å². The molecular formula is C12H11FO4. The van der Waals surface area contributed by atoms with Crippen molar-refractivity contribution in [3.05, 3.63) is 29.6 Å². The molecule has 90 valence electrons. The lowest BCUT2D eigenvalue weighted by molar-refractivity contribution is -0.151. The first-order valence-corrected chi connectivity index (χ1v) is 5.28. The van der Waals surface area contributed by atoms with Crippen LogP contribution in [0, 0.1) is 5.82 Å². The number of fused-ring (bicyclic) bond motifs is 1. The third-order valence-corrected chi connectivity index (χ3v) is 2.43. The summed E-state index contributed by atoms with van der Waals surface area (Å²) < 4.78 is 23.0. The maximum Gasteiger partial charge on any atom is 0.347 e. The molecule has 0 fully saturated rings. The van der Waals surface area contributed by atoms with E-state index in [0.717, 1.165) is 6.07 Å². The molecule has 2 rings (SSSR count). The van der Waals surface area contributed by atoms with Crippen molar-refractivity contribution in [2.45, 2.75) is 19.4 Å². The van der Waals surface area contributed by atoms with Crippen LogP contribution in [0.25, 0.3) is 0 Å². The van der Waals surface area contributed by atoms with Gasteiger partial charge in [0.1, 0.15) is 11.6 Å². The first-order valence-electron chi connectivity index (χ1n) is 5.28. The Bertz CT molecular complexity index is 470. The highest BCUT2D eigenvalue weighted by Gasteiger charge is 2.32. The molecule has 1 aromatic carbocycles. The largest absolute Gasteiger partial charge is 0.477 e. The van der Waals surface area contributed by atoms with Gasteiger partial charge in [0, 0.05) is 0 Å². The normalized spacial score (nSPS) is 18.2.